The Kier molecular flexibility index (Phi) is 10.1. The van der Waals surface area contributed by atoms with Gasteiger partial charge in [-0.3, -0.25) is 9.59 Å². The van der Waals surface area contributed by atoms with Crippen LogP contribution in [0.3, 0.4) is 0 Å². The molecule has 0 aliphatic rings. The van der Waals surface area contributed by atoms with Crippen molar-refractivity contribution in [1.29, 1.82) is 0 Å². The fraction of sp³-hybridized carbons (Fsp3) is 0.226. The van der Waals surface area contributed by atoms with Crippen molar-refractivity contribution in [3.05, 3.63) is 101 Å². The first-order valence-corrected chi connectivity index (χ1v) is 14.0. The Morgan fingerprint density at radius 2 is 1.40 bits per heavy atom. The number of aromatic nitrogens is 1. The van der Waals surface area contributed by atoms with Gasteiger partial charge in [0.15, 0.2) is 0 Å². The smallest absolute Gasteiger partial charge is 0.335 e. The quantitative estimate of drug-likeness (QED) is 0.106. The molecule has 1 heterocycles. The first kappa shape index (κ1) is 31.1. The molecular weight excluding hydrogens is 572 g/mol. The van der Waals surface area contributed by atoms with E-state index in [1.54, 1.807) is 30.5 Å². The molecule has 1 aromatic heterocycles. The number of carboxylic acids is 2. The zero-order chi connectivity index (χ0) is 31.1. The van der Waals surface area contributed by atoms with E-state index < -0.39 is 47.1 Å². The molecule has 0 saturated heterocycles. The molecule has 43 heavy (non-hydrogen) atoms. The van der Waals surface area contributed by atoms with Gasteiger partial charge in [0.2, 0.25) is 11.8 Å². The number of benzene rings is 3. The minimum Gasteiger partial charge on any atom is -0.508 e. The van der Waals surface area contributed by atoms with Crippen molar-refractivity contribution in [3.63, 3.8) is 0 Å². The van der Waals surface area contributed by atoms with Crippen LogP contribution in [0.1, 0.15) is 27.0 Å². The van der Waals surface area contributed by atoms with Gasteiger partial charge in [-0.05, 0) is 53.4 Å². The first-order valence-electron chi connectivity index (χ1n) is 13.4. The van der Waals surface area contributed by atoms with E-state index in [1.807, 2.05) is 24.3 Å². The molecule has 8 N–H and O–H groups in total. The van der Waals surface area contributed by atoms with Gasteiger partial charge in [0, 0.05) is 36.0 Å². The molecule has 224 valence electrons. The van der Waals surface area contributed by atoms with Crippen LogP contribution in [0.15, 0.2) is 79.0 Å². The third-order valence-corrected chi connectivity index (χ3v) is 7.69. The molecule has 0 spiro atoms. The fourth-order valence-electron chi connectivity index (χ4n) is 4.69. The van der Waals surface area contributed by atoms with Crippen molar-refractivity contribution in [1.82, 2.24) is 15.6 Å². The van der Waals surface area contributed by atoms with Crippen LogP contribution in [0.4, 0.5) is 0 Å². The number of carboxylic acid groups (broad SMARTS) is 2. The second-order valence-corrected chi connectivity index (χ2v) is 10.8. The lowest BCUT2D eigenvalue weighted by atomic mass is 10.00. The number of hydrogen-bond donors (Lipinski definition) is 8. The Hall–Kier alpha value is -4.81. The largest absolute Gasteiger partial charge is 0.508 e. The van der Waals surface area contributed by atoms with Gasteiger partial charge in [-0.15, -0.1) is 0 Å². The van der Waals surface area contributed by atoms with Crippen molar-refractivity contribution in [2.45, 2.75) is 42.6 Å². The molecular formula is C31H32N4O7S. The number of carbonyl (C=O) groups is 4. The highest BCUT2D eigenvalue weighted by molar-refractivity contribution is 7.81. The summed E-state index contributed by atoms with van der Waals surface area (Å²) in [5.74, 6) is -3.62. The van der Waals surface area contributed by atoms with Gasteiger partial charge in [0.1, 0.15) is 17.8 Å². The van der Waals surface area contributed by atoms with Crippen LogP contribution in [0.25, 0.3) is 10.9 Å². The lowest BCUT2D eigenvalue weighted by Crippen LogP contribution is -2.55. The minimum absolute atomic E-state index is 0.0259. The highest BCUT2D eigenvalue weighted by Crippen LogP contribution is 2.20. The number of phenolic OH excluding ortho intramolecular Hbond substituents is 1. The van der Waals surface area contributed by atoms with E-state index in [0.29, 0.717) is 11.1 Å². The number of carbonyl (C=O) groups excluding carboxylic acids is 2. The molecule has 0 bridgehead atoms. The maximum absolute atomic E-state index is 13.5. The normalized spacial score (nSPS) is 13.9. The van der Waals surface area contributed by atoms with Gasteiger partial charge in [0.25, 0.3) is 0 Å². The Morgan fingerprint density at radius 1 is 0.791 bits per heavy atom. The van der Waals surface area contributed by atoms with Crippen LogP contribution >= 0.6 is 12.6 Å². The van der Waals surface area contributed by atoms with E-state index in [4.69, 9.17) is 10.8 Å². The summed E-state index contributed by atoms with van der Waals surface area (Å²) in [5, 5.41) is 33.5. The molecule has 0 unspecified atom stereocenters. The summed E-state index contributed by atoms with van der Waals surface area (Å²) in [6.07, 6.45) is 1.96. The summed E-state index contributed by atoms with van der Waals surface area (Å²) >= 11 is 4.41. The topological polar surface area (TPSA) is 195 Å². The molecule has 11 nitrogen and oxygen atoms in total. The number of fused-ring (bicyclic) bond motifs is 1. The lowest BCUT2D eigenvalue weighted by molar-refractivity contribution is -0.142. The number of para-hydroxylation sites is 1. The van der Waals surface area contributed by atoms with Gasteiger partial charge in [-0.25, -0.2) is 9.59 Å². The highest BCUT2D eigenvalue weighted by atomic mass is 32.1. The van der Waals surface area contributed by atoms with Crippen molar-refractivity contribution in [2.75, 3.05) is 0 Å². The monoisotopic (exact) mass is 604 g/mol. The van der Waals surface area contributed by atoms with Crippen molar-refractivity contribution in [3.8, 4) is 5.75 Å². The highest BCUT2D eigenvalue weighted by Gasteiger charge is 2.31. The zero-order valence-electron chi connectivity index (χ0n) is 22.9. The predicted molar refractivity (Wildman–Crippen MR) is 163 cm³/mol. The van der Waals surface area contributed by atoms with Crippen LogP contribution in [0.5, 0.6) is 5.75 Å². The van der Waals surface area contributed by atoms with E-state index in [9.17, 15) is 29.4 Å². The molecule has 0 aliphatic carbocycles. The van der Waals surface area contributed by atoms with E-state index in [0.717, 1.165) is 16.5 Å². The van der Waals surface area contributed by atoms with Gasteiger partial charge < -0.3 is 36.7 Å². The number of aliphatic carboxylic acids is 1. The number of aromatic hydroxyl groups is 1. The summed E-state index contributed by atoms with van der Waals surface area (Å²) in [5.41, 5.74) is 9.25. The van der Waals surface area contributed by atoms with Crippen molar-refractivity contribution < 1.29 is 34.5 Å². The fourth-order valence-corrected chi connectivity index (χ4v) is 4.87. The lowest BCUT2D eigenvalue weighted by Gasteiger charge is -2.25. The summed E-state index contributed by atoms with van der Waals surface area (Å²) in [4.78, 5) is 53.1. The number of nitrogens with two attached hydrogens (primary N) is 1. The van der Waals surface area contributed by atoms with Gasteiger partial charge in [-0.2, -0.15) is 12.6 Å². The van der Waals surface area contributed by atoms with E-state index in [1.165, 1.54) is 24.3 Å². The molecule has 0 radical (unpaired) electrons. The number of H-pyrrole nitrogens is 1. The molecule has 3 aromatic carbocycles. The number of nitrogens with one attached hydrogen (secondary N) is 3. The third-order valence-electron chi connectivity index (χ3n) is 7.07. The molecule has 4 aromatic rings. The SMILES string of the molecule is N[C@@H](Cc1ccc(C(=O)O)cc1)[C@H](S)C(=O)N[C@@H](Cc1c[nH]c2ccccc12)C(=O)N[C@@H](Cc1ccc(O)cc1)C(=O)O. The van der Waals surface area contributed by atoms with Gasteiger partial charge in [0.05, 0.1) is 10.8 Å². The Labute approximate surface area is 252 Å². The first-order chi connectivity index (χ1) is 20.5. The number of aromatic carboxylic acids is 1. The van der Waals surface area contributed by atoms with Gasteiger partial charge in [-0.1, -0.05) is 42.5 Å². The van der Waals surface area contributed by atoms with Crippen LogP contribution in [0.2, 0.25) is 0 Å². The van der Waals surface area contributed by atoms with Crippen molar-refractivity contribution >= 4 is 47.3 Å². The molecule has 2 amide bonds. The van der Waals surface area contributed by atoms with E-state index in [-0.39, 0.29) is 30.6 Å². The van der Waals surface area contributed by atoms with E-state index in [2.05, 4.69) is 28.2 Å². The van der Waals surface area contributed by atoms with E-state index >= 15 is 0 Å². The second kappa shape index (κ2) is 13.9. The second-order valence-electron chi connectivity index (χ2n) is 10.2. The predicted octanol–water partition coefficient (Wildman–Crippen LogP) is 2.28. The Balaban J connectivity index is 1.51. The number of thiol groups is 1. The average molecular weight is 605 g/mol. The summed E-state index contributed by atoms with van der Waals surface area (Å²) in [7, 11) is 0. The Morgan fingerprint density at radius 3 is 2.05 bits per heavy atom. The molecule has 4 atom stereocenters. The zero-order valence-corrected chi connectivity index (χ0v) is 23.8. The maximum atomic E-state index is 13.5. The summed E-state index contributed by atoms with van der Waals surface area (Å²) < 4.78 is 0. The van der Waals surface area contributed by atoms with Crippen LogP contribution < -0.4 is 16.4 Å². The maximum Gasteiger partial charge on any atom is 0.335 e. The molecule has 0 aliphatic heterocycles. The van der Waals surface area contributed by atoms with Crippen molar-refractivity contribution in [2.24, 2.45) is 5.73 Å². The molecule has 4 rings (SSSR count). The molecule has 0 fully saturated rings. The Bertz CT molecular complexity index is 1600. The number of rotatable bonds is 13. The minimum atomic E-state index is -1.30. The summed E-state index contributed by atoms with van der Waals surface area (Å²) in [6.45, 7) is 0. The van der Waals surface area contributed by atoms with Crippen LogP contribution in [-0.2, 0) is 33.6 Å². The van der Waals surface area contributed by atoms with Crippen LogP contribution in [-0.4, -0.2) is 67.4 Å². The number of aromatic amines is 1. The molecule has 12 heteroatoms. The van der Waals surface area contributed by atoms with Crippen LogP contribution in [0, 0.1) is 0 Å². The third kappa shape index (κ3) is 8.15. The van der Waals surface area contributed by atoms with Gasteiger partial charge >= 0.3 is 11.9 Å². The number of hydrogen-bond acceptors (Lipinski definition) is 7. The summed E-state index contributed by atoms with van der Waals surface area (Å²) in [6, 6.07) is 16.3. The number of phenols is 1. The molecule has 0 saturated carbocycles. The number of amides is 2. The average Bonchev–Trinajstić information content (AvgIpc) is 3.39. The standard InChI is InChI=1S/C31H32N4O7S/c32-23(13-17-5-9-19(10-6-17)30(39)40)27(43)29(38)34-25(15-20-16-33-24-4-2-1-3-22(20)24)28(37)35-26(31(41)42)14-18-7-11-21(36)12-8-18/h1-12,16,23,25-27,33,36,43H,13-15,32H2,(H,34,38)(H,35,37)(H,39,40)(H,41,42)/t23-,25-,26-,27-/m0/s1.